The van der Waals surface area contributed by atoms with Gasteiger partial charge in [-0.1, -0.05) is 36.4 Å². The first-order valence-corrected chi connectivity index (χ1v) is 6.71. The first kappa shape index (κ1) is 12.9. The highest BCUT2D eigenvalue weighted by Gasteiger charge is 2.07. The van der Waals surface area contributed by atoms with Gasteiger partial charge in [-0.05, 0) is 28.5 Å². The summed E-state index contributed by atoms with van der Waals surface area (Å²) in [6, 6.07) is 16.1. The van der Waals surface area contributed by atoms with E-state index in [1.807, 2.05) is 36.4 Å². The van der Waals surface area contributed by atoms with E-state index in [0.29, 0.717) is 13.1 Å². The molecule has 0 spiro atoms. The van der Waals surface area contributed by atoms with Gasteiger partial charge in [0.2, 0.25) is 0 Å². The standard InChI is InChI=1S/C17H17NO2/c19-17(11-18-10-13-7-8-20-12-13)16-6-5-14-3-1-2-4-15(14)9-16/h1-9,12,17-19H,10-11H2. The van der Waals surface area contributed by atoms with Gasteiger partial charge in [-0.2, -0.15) is 0 Å². The Hall–Kier alpha value is -2.10. The molecule has 0 amide bonds. The summed E-state index contributed by atoms with van der Waals surface area (Å²) in [6.45, 7) is 1.21. The number of hydrogen-bond donors (Lipinski definition) is 2. The second-order valence-electron chi connectivity index (χ2n) is 4.88. The van der Waals surface area contributed by atoms with Gasteiger partial charge in [0.1, 0.15) is 0 Å². The zero-order chi connectivity index (χ0) is 13.8. The lowest BCUT2D eigenvalue weighted by Gasteiger charge is -2.12. The first-order valence-electron chi connectivity index (χ1n) is 6.71. The lowest BCUT2D eigenvalue weighted by atomic mass is 10.0. The first-order chi connectivity index (χ1) is 9.83. The third-order valence-corrected chi connectivity index (χ3v) is 3.41. The van der Waals surface area contributed by atoms with Crippen molar-refractivity contribution in [2.75, 3.05) is 6.54 Å². The average molecular weight is 267 g/mol. The molecular weight excluding hydrogens is 250 g/mol. The summed E-state index contributed by atoms with van der Waals surface area (Å²) in [5.41, 5.74) is 2.01. The molecule has 1 heterocycles. The minimum absolute atomic E-state index is 0.508. The zero-order valence-corrected chi connectivity index (χ0v) is 11.1. The van der Waals surface area contributed by atoms with Gasteiger partial charge < -0.3 is 14.8 Å². The largest absolute Gasteiger partial charge is 0.472 e. The predicted octanol–water partition coefficient (Wildman–Crippen LogP) is 3.26. The van der Waals surface area contributed by atoms with Gasteiger partial charge in [0.05, 0.1) is 18.6 Å². The summed E-state index contributed by atoms with van der Waals surface area (Å²) < 4.78 is 5.00. The Morgan fingerprint density at radius 2 is 1.90 bits per heavy atom. The summed E-state index contributed by atoms with van der Waals surface area (Å²) >= 11 is 0. The molecule has 0 aliphatic heterocycles. The number of hydrogen-bond acceptors (Lipinski definition) is 3. The Labute approximate surface area is 117 Å². The number of fused-ring (bicyclic) bond motifs is 1. The maximum Gasteiger partial charge on any atom is 0.0947 e. The topological polar surface area (TPSA) is 45.4 Å². The van der Waals surface area contributed by atoms with Gasteiger partial charge in [-0.15, -0.1) is 0 Å². The van der Waals surface area contributed by atoms with Crippen LogP contribution < -0.4 is 5.32 Å². The molecule has 1 atom stereocenters. The molecule has 0 fully saturated rings. The maximum absolute atomic E-state index is 10.2. The van der Waals surface area contributed by atoms with Crippen molar-refractivity contribution >= 4 is 10.8 Å². The number of aliphatic hydroxyl groups excluding tert-OH is 1. The molecule has 3 rings (SSSR count). The van der Waals surface area contributed by atoms with Crippen LogP contribution in [0.1, 0.15) is 17.2 Å². The highest BCUT2D eigenvalue weighted by molar-refractivity contribution is 5.83. The summed E-state index contributed by atoms with van der Waals surface area (Å²) in [4.78, 5) is 0. The molecular formula is C17H17NO2. The van der Waals surface area contributed by atoms with Crippen molar-refractivity contribution in [3.8, 4) is 0 Å². The van der Waals surface area contributed by atoms with Crippen LogP contribution in [0.4, 0.5) is 0 Å². The van der Waals surface area contributed by atoms with Crippen LogP contribution >= 0.6 is 0 Å². The lowest BCUT2D eigenvalue weighted by Crippen LogP contribution is -2.20. The van der Waals surface area contributed by atoms with Crippen LogP contribution in [-0.2, 0) is 6.54 Å². The van der Waals surface area contributed by atoms with Crippen molar-refractivity contribution in [1.82, 2.24) is 5.32 Å². The lowest BCUT2D eigenvalue weighted by molar-refractivity contribution is 0.174. The molecule has 0 aliphatic rings. The average Bonchev–Trinajstić information content (AvgIpc) is 3.00. The summed E-state index contributed by atoms with van der Waals surface area (Å²) in [5, 5.41) is 15.8. The summed E-state index contributed by atoms with van der Waals surface area (Å²) in [7, 11) is 0. The van der Waals surface area contributed by atoms with Crippen LogP contribution in [0.15, 0.2) is 65.5 Å². The summed E-state index contributed by atoms with van der Waals surface area (Å²) in [6.07, 6.45) is 2.85. The third-order valence-electron chi connectivity index (χ3n) is 3.41. The van der Waals surface area contributed by atoms with Crippen molar-refractivity contribution in [2.45, 2.75) is 12.6 Å². The Balaban J connectivity index is 1.64. The second-order valence-corrected chi connectivity index (χ2v) is 4.88. The van der Waals surface area contributed by atoms with Gasteiger partial charge in [0, 0.05) is 18.7 Å². The predicted molar refractivity (Wildman–Crippen MR) is 79.3 cm³/mol. The van der Waals surface area contributed by atoms with E-state index >= 15 is 0 Å². The van der Waals surface area contributed by atoms with Gasteiger partial charge in [-0.3, -0.25) is 0 Å². The maximum atomic E-state index is 10.2. The number of aliphatic hydroxyl groups is 1. The molecule has 0 aliphatic carbocycles. The molecule has 3 heteroatoms. The Bertz CT molecular complexity index is 676. The number of benzene rings is 2. The number of rotatable bonds is 5. The monoisotopic (exact) mass is 267 g/mol. The Kier molecular flexibility index (Phi) is 3.81. The van der Waals surface area contributed by atoms with Crippen LogP contribution in [0.25, 0.3) is 10.8 Å². The number of furan rings is 1. The molecule has 3 nitrogen and oxygen atoms in total. The molecule has 2 aromatic carbocycles. The molecule has 0 saturated carbocycles. The van der Waals surface area contributed by atoms with E-state index in [-0.39, 0.29) is 0 Å². The molecule has 3 aromatic rings. The van der Waals surface area contributed by atoms with Crippen molar-refractivity contribution in [2.24, 2.45) is 0 Å². The van der Waals surface area contributed by atoms with Gasteiger partial charge >= 0.3 is 0 Å². The Morgan fingerprint density at radius 1 is 1.05 bits per heavy atom. The molecule has 102 valence electrons. The fourth-order valence-electron chi connectivity index (χ4n) is 2.28. The molecule has 2 N–H and O–H groups in total. The van der Waals surface area contributed by atoms with E-state index in [0.717, 1.165) is 16.5 Å². The zero-order valence-electron chi connectivity index (χ0n) is 11.1. The smallest absolute Gasteiger partial charge is 0.0947 e. The Morgan fingerprint density at radius 3 is 2.70 bits per heavy atom. The van der Waals surface area contributed by atoms with Crippen molar-refractivity contribution in [3.63, 3.8) is 0 Å². The van der Waals surface area contributed by atoms with Crippen LogP contribution in [0, 0.1) is 0 Å². The van der Waals surface area contributed by atoms with Gasteiger partial charge in [0.25, 0.3) is 0 Å². The molecule has 0 radical (unpaired) electrons. The van der Waals surface area contributed by atoms with Crippen LogP contribution in [0.2, 0.25) is 0 Å². The van der Waals surface area contributed by atoms with E-state index in [2.05, 4.69) is 17.4 Å². The van der Waals surface area contributed by atoms with E-state index in [4.69, 9.17) is 4.42 Å². The van der Waals surface area contributed by atoms with Crippen molar-refractivity contribution < 1.29 is 9.52 Å². The summed E-state index contributed by atoms with van der Waals surface area (Å²) in [5.74, 6) is 0. The minimum atomic E-state index is -0.508. The minimum Gasteiger partial charge on any atom is -0.472 e. The second kappa shape index (κ2) is 5.90. The van der Waals surface area contributed by atoms with Gasteiger partial charge in [0.15, 0.2) is 0 Å². The molecule has 20 heavy (non-hydrogen) atoms. The van der Waals surface area contributed by atoms with Crippen LogP contribution in [0.5, 0.6) is 0 Å². The quantitative estimate of drug-likeness (QED) is 0.746. The highest BCUT2D eigenvalue weighted by atomic mass is 16.3. The molecule has 1 unspecified atom stereocenters. The molecule has 0 bridgehead atoms. The number of nitrogens with one attached hydrogen (secondary N) is 1. The van der Waals surface area contributed by atoms with Crippen molar-refractivity contribution in [3.05, 3.63) is 72.2 Å². The van der Waals surface area contributed by atoms with Gasteiger partial charge in [-0.25, -0.2) is 0 Å². The van der Waals surface area contributed by atoms with Crippen LogP contribution in [0.3, 0.4) is 0 Å². The fourth-order valence-corrected chi connectivity index (χ4v) is 2.28. The molecule has 1 aromatic heterocycles. The third kappa shape index (κ3) is 2.90. The fraction of sp³-hybridized carbons (Fsp3) is 0.176. The van der Waals surface area contributed by atoms with Crippen LogP contribution in [-0.4, -0.2) is 11.7 Å². The molecule has 0 saturated heterocycles. The van der Waals surface area contributed by atoms with Crippen molar-refractivity contribution in [1.29, 1.82) is 0 Å². The highest BCUT2D eigenvalue weighted by Crippen LogP contribution is 2.20. The van der Waals surface area contributed by atoms with E-state index in [1.165, 1.54) is 5.39 Å². The normalized spacial score (nSPS) is 12.7. The SMILES string of the molecule is OC(CNCc1ccoc1)c1ccc2ccccc2c1. The van der Waals surface area contributed by atoms with E-state index in [9.17, 15) is 5.11 Å². The van der Waals surface area contributed by atoms with E-state index in [1.54, 1.807) is 12.5 Å². The van der Waals surface area contributed by atoms with E-state index < -0.39 is 6.10 Å².